The van der Waals surface area contributed by atoms with Crippen molar-refractivity contribution in [2.45, 2.75) is 76.6 Å². The van der Waals surface area contributed by atoms with E-state index in [1.807, 2.05) is 0 Å². The van der Waals surface area contributed by atoms with Gasteiger partial charge in [0, 0.05) is 0 Å². The first-order chi connectivity index (χ1) is 9.13. The minimum atomic E-state index is -2.74. The van der Waals surface area contributed by atoms with Gasteiger partial charge in [0.1, 0.15) is 0 Å². The zero-order valence-corrected chi connectivity index (χ0v) is 15.4. The first kappa shape index (κ1) is 18.7. The molecule has 0 bridgehead atoms. The molecular formula is C14H27O4Sn. The number of hydrogen-bond acceptors (Lipinski definition) is 4. The van der Waals surface area contributed by atoms with Gasteiger partial charge in [0.05, 0.1) is 0 Å². The topological polar surface area (TPSA) is 52.6 Å². The zero-order valence-electron chi connectivity index (χ0n) is 12.5. The van der Waals surface area contributed by atoms with E-state index in [1.54, 1.807) is 13.8 Å². The van der Waals surface area contributed by atoms with Crippen molar-refractivity contribution < 1.29 is 15.7 Å². The summed E-state index contributed by atoms with van der Waals surface area (Å²) in [5.74, 6) is -0.464. The molecule has 5 heteroatoms. The van der Waals surface area contributed by atoms with Crippen LogP contribution in [0, 0.1) is 0 Å². The Morgan fingerprint density at radius 1 is 0.789 bits per heavy atom. The average molecular weight is 378 g/mol. The van der Waals surface area contributed by atoms with Crippen molar-refractivity contribution in [3.05, 3.63) is 0 Å². The van der Waals surface area contributed by atoms with E-state index >= 15 is 0 Å². The summed E-state index contributed by atoms with van der Waals surface area (Å²) in [5.41, 5.74) is 0. The van der Waals surface area contributed by atoms with Crippen LogP contribution in [0.2, 0.25) is 4.44 Å². The number of unbranched alkanes of at least 4 members (excludes halogenated alkanes) is 5. The predicted molar refractivity (Wildman–Crippen MR) is 76.7 cm³/mol. The SMILES string of the molecule is CCCCCCC[CH2][Sn]([O]C(=O)CC)[O]C(=O)CC. The number of hydrogen-bond donors (Lipinski definition) is 0. The molecule has 0 aromatic carbocycles. The molecule has 0 saturated heterocycles. The Morgan fingerprint density at radius 2 is 1.26 bits per heavy atom. The van der Waals surface area contributed by atoms with Crippen molar-refractivity contribution in [3.63, 3.8) is 0 Å². The Morgan fingerprint density at radius 3 is 1.74 bits per heavy atom. The first-order valence-electron chi connectivity index (χ1n) is 7.41. The Bertz CT molecular complexity index is 238. The van der Waals surface area contributed by atoms with Crippen molar-refractivity contribution in [1.29, 1.82) is 0 Å². The average Bonchev–Trinajstić information content (AvgIpc) is 2.41. The molecule has 0 aromatic heterocycles. The van der Waals surface area contributed by atoms with Crippen LogP contribution in [0.25, 0.3) is 0 Å². The third-order valence-corrected chi connectivity index (χ3v) is 7.54. The van der Waals surface area contributed by atoms with E-state index in [1.165, 1.54) is 25.7 Å². The first-order valence-corrected chi connectivity index (χ1v) is 11.8. The van der Waals surface area contributed by atoms with E-state index in [4.69, 9.17) is 6.15 Å². The molecule has 0 aromatic rings. The van der Waals surface area contributed by atoms with Crippen molar-refractivity contribution in [3.8, 4) is 0 Å². The van der Waals surface area contributed by atoms with Crippen LogP contribution in [-0.4, -0.2) is 32.5 Å². The molecule has 0 saturated carbocycles. The van der Waals surface area contributed by atoms with Crippen molar-refractivity contribution in [2.75, 3.05) is 0 Å². The molecule has 111 valence electrons. The van der Waals surface area contributed by atoms with Crippen LogP contribution in [0.1, 0.15) is 72.1 Å². The standard InChI is InChI=1S/C8H17.2C3H6O2.Sn/c1-3-5-7-8-6-4-2;2*1-2-3(4)5;/h1,3-8H2,2H3;2*2H2,1H3,(H,4,5);/q;;;+2/p-2. The third-order valence-electron chi connectivity index (χ3n) is 2.77. The van der Waals surface area contributed by atoms with Gasteiger partial charge in [-0.2, -0.15) is 0 Å². The number of carbonyl (C=O) groups excluding carboxylic acids is 2. The van der Waals surface area contributed by atoms with Gasteiger partial charge in [-0.15, -0.1) is 0 Å². The van der Waals surface area contributed by atoms with E-state index in [9.17, 15) is 9.59 Å². The molecule has 1 radical (unpaired) electrons. The third kappa shape index (κ3) is 11.3. The molecule has 0 spiro atoms. The molecule has 0 heterocycles. The summed E-state index contributed by atoms with van der Waals surface area (Å²) in [7, 11) is 0. The van der Waals surface area contributed by atoms with Gasteiger partial charge in [0.15, 0.2) is 0 Å². The molecule has 4 nitrogen and oxygen atoms in total. The molecule has 0 atom stereocenters. The fourth-order valence-electron chi connectivity index (χ4n) is 1.57. The Balaban J connectivity index is 3.90. The maximum atomic E-state index is 11.3. The Hall–Kier alpha value is -0.261. The van der Waals surface area contributed by atoms with Gasteiger partial charge in [0.25, 0.3) is 0 Å². The van der Waals surface area contributed by atoms with Crippen molar-refractivity contribution in [2.24, 2.45) is 0 Å². The van der Waals surface area contributed by atoms with Gasteiger partial charge in [-0.1, -0.05) is 0 Å². The molecule has 0 aliphatic carbocycles. The van der Waals surface area contributed by atoms with E-state index < -0.39 is 20.6 Å². The summed E-state index contributed by atoms with van der Waals surface area (Å²) in [5, 5.41) is 0. The molecule has 0 unspecified atom stereocenters. The Kier molecular flexibility index (Phi) is 12.6. The molecule has 0 amide bonds. The molecule has 19 heavy (non-hydrogen) atoms. The maximum absolute atomic E-state index is 11.3. The number of carbonyl (C=O) groups is 2. The second-order valence-corrected chi connectivity index (χ2v) is 9.26. The summed E-state index contributed by atoms with van der Waals surface area (Å²) < 4.78 is 11.4. The summed E-state index contributed by atoms with van der Waals surface area (Å²) in [6.45, 7) is 5.71. The molecular weight excluding hydrogens is 351 g/mol. The van der Waals surface area contributed by atoms with Crippen LogP contribution < -0.4 is 0 Å². The van der Waals surface area contributed by atoms with Crippen LogP contribution >= 0.6 is 0 Å². The molecule has 0 aliphatic heterocycles. The van der Waals surface area contributed by atoms with Crippen LogP contribution in [0.15, 0.2) is 0 Å². The van der Waals surface area contributed by atoms with Gasteiger partial charge in [-0.25, -0.2) is 0 Å². The van der Waals surface area contributed by atoms with Crippen LogP contribution in [0.3, 0.4) is 0 Å². The van der Waals surface area contributed by atoms with E-state index in [-0.39, 0.29) is 11.9 Å². The van der Waals surface area contributed by atoms with Crippen molar-refractivity contribution in [1.82, 2.24) is 0 Å². The molecule has 0 N–H and O–H groups in total. The Labute approximate surface area is 125 Å². The second kappa shape index (κ2) is 12.8. The van der Waals surface area contributed by atoms with Crippen molar-refractivity contribution >= 4 is 32.5 Å². The van der Waals surface area contributed by atoms with Gasteiger partial charge >= 0.3 is 125 Å². The monoisotopic (exact) mass is 379 g/mol. The summed E-state index contributed by atoms with van der Waals surface area (Å²) >= 11 is -2.74. The fraction of sp³-hybridized carbons (Fsp3) is 0.857. The van der Waals surface area contributed by atoms with E-state index in [2.05, 4.69) is 6.92 Å². The van der Waals surface area contributed by atoms with Crippen LogP contribution in [0.5, 0.6) is 0 Å². The van der Waals surface area contributed by atoms with Gasteiger partial charge in [-0.05, 0) is 0 Å². The second-order valence-electron chi connectivity index (χ2n) is 4.55. The summed E-state index contributed by atoms with van der Waals surface area (Å²) in [6, 6.07) is 0. The molecule has 0 aliphatic rings. The minimum absolute atomic E-state index is 0.232. The molecule has 0 fully saturated rings. The van der Waals surface area contributed by atoms with Gasteiger partial charge in [-0.3, -0.25) is 0 Å². The zero-order chi connectivity index (χ0) is 14.5. The quantitative estimate of drug-likeness (QED) is 0.406. The molecule has 0 rings (SSSR count). The summed E-state index contributed by atoms with van der Waals surface area (Å²) in [4.78, 5) is 22.6. The van der Waals surface area contributed by atoms with E-state index in [0.717, 1.165) is 17.3 Å². The normalized spacial score (nSPS) is 10.5. The predicted octanol–water partition coefficient (Wildman–Crippen LogP) is 3.74. The van der Waals surface area contributed by atoms with Crippen LogP contribution in [-0.2, 0) is 15.7 Å². The summed E-state index contributed by atoms with van der Waals surface area (Å²) in [6.07, 6.45) is 7.84. The van der Waals surface area contributed by atoms with Crippen LogP contribution in [0.4, 0.5) is 0 Å². The fourth-order valence-corrected chi connectivity index (χ4v) is 6.08. The van der Waals surface area contributed by atoms with E-state index in [0.29, 0.717) is 12.8 Å². The number of rotatable bonds is 11. The van der Waals surface area contributed by atoms with Gasteiger partial charge < -0.3 is 0 Å². The van der Waals surface area contributed by atoms with Gasteiger partial charge in [0.2, 0.25) is 0 Å².